The number of carbonyl (C=O) groups excluding carboxylic acids is 1. The maximum absolute atomic E-state index is 13.3. The van der Waals surface area contributed by atoms with Gasteiger partial charge in [-0.3, -0.25) is 0 Å². The minimum Gasteiger partial charge on any atom is -0.334 e. The average Bonchev–Trinajstić information content (AvgIpc) is 2.69. The Morgan fingerprint density at radius 1 is 1.04 bits per heavy atom. The van der Waals surface area contributed by atoms with E-state index in [1.807, 2.05) is 18.2 Å². The van der Waals surface area contributed by atoms with Crippen LogP contribution in [-0.2, 0) is 16.6 Å². The molecule has 3 rings (SSSR count). The predicted molar refractivity (Wildman–Crippen MR) is 105 cm³/mol. The molecule has 2 amide bonds. The molecule has 2 aromatic rings. The molecule has 0 aromatic heterocycles. The first kappa shape index (κ1) is 20.9. The highest BCUT2D eigenvalue weighted by molar-refractivity contribution is 7.89. The number of halogens is 3. The highest BCUT2D eigenvalue weighted by Crippen LogP contribution is 2.23. The maximum atomic E-state index is 13.3. The van der Waals surface area contributed by atoms with E-state index in [0.717, 1.165) is 17.7 Å². The molecule has 10 heteroatoms. The van der Waals surface area contributed by atoms with Crippen molar-refractivity contribution in [2.45, 2.75) is 11.4 Å². The van der Waals surface area contributed by atoms with Gasteiger partial charge in [-0.2, -0.15) is 4.31 Å². The van der Waals surface area contributed by atoms with Gasteiger partial charge in [0.2, 0.25) is 10.0 Å². The van der Waals surface area contributed by atoms with E-state index in [-0.39, 0.29) is 48.7 Å². The molecule has 2 aromatic carbocycles. The van der Waals surface area contributed by atoms with E-state index in [4.69, 9.17) is 23.2 Å². The van der Waals surface area contributed by atoms with E-state index in [1.54, 1.807) is 11.0 Å². The van der Waals surface area contributed by atoms with Gasteiger partial charge < -0.3 is 10.2 Å². The molecule has 1 aliphatic heterocycles. The van der Waals surface area contributed by atoms with Gasteiger partial charge in [0.15, 0.2) is 0 Å². The molecule has 1 fully saturated rings. The van der Waals surface area contributed by atoms with E-state index in [2.05, 4.69) is 5.32 Å². The van der Waals surface area contributed by atoms with Crippen molar-refractivity contribution in [3.8, 4) is 0 Å². The highest BCUT2D eigenvalue weighted by Gasteiger charge is 2.30. The lowest BCUT2D eigenvalue weighted by Gasteiger charge is -2.34. The van der Waals surface area contributed by atoms with Gasteiger partial charge in [0.05, 0.1) is 9.92 Å². The molecular weight excluding hydrogens is 428 g/mol. The van der Waals surface area contributed by atoms with Gasteiger partial charge in [0, 0.05) is 37.7 Å². The molecule has 28 heavy (non-hydrogen) atoms. The number of hydrogen-bond acceptors (Lipinski definition) is 3. The lowest BCUT2D eigenvalue weighted by molar-refractivity contribution is 0.172. The summed E-state index contributed by atoms with van der Waals surface area (Å²) in [6.07, 6.45) is 0. The molecule has 1 N–H and O–H groups in total. The van der Waals surface area contributed by atoms with Gasteiger partial charge in [-0.15, -0.1) is 0 Å². The molecule has 150 valence electrons. The summed E-state index contributed by atoms with van der Waals surface area (Å²) in [5, 5.41) is 3.10. The third-order valence-corrected chi connectivity index (χ3v) is 7.00. The predicted octanol–water partition coefficient (Wildman–Crippen LogP) is 3.35. The molecule has 1 aliphatic rings. The summed E-state index contributed by atoms with van der Waals surface area (Å²) in [6.45, 7) is 1.03. The fourth-order valence-corrected chi connectivity index (χ4v) is 4.74. The number of nitrogens with one attached hydrogen (secondary N) is 1. The first-order chi connectivity index (χ1) is 13.3. The summed E-state index contributed by atoms with van der Waals surface area (Å²) >= 11 is 11.8. The van der Waals surface area contributed by atoms with Gasteiger partial charge in [-0.25, -0.2) is 17.6 Å². The Balaban J connectivity index is 1.58. The van der Waals surface area contributed by atoms with Crippen LogP contribution in [0.15, 0.2) is 47.4 Å². The molecule has 0 bridgehead atoms. The summed E-state index contributed by atoms with van der Waals surface area (Å²) in [5.41, 5.74) is 0.798. The van der Waals surface area contributed by atoms with Crippen LogP contribution in [0.2, 0.25) is 10.0 Å². The van der Waals surface area contributed by atoms with Crippen molar-refractivity contribution in [3.63, 3.8) is 0 Å². The number of carbonyl (C=O) groups is 1. The Bertz CT molecular complexity index is 980. The van der Waals surface area contributed by atoms with Crippen molar-refractivity contribution < 1.29 is 17.6 Å². The Morgan fingerprint density at radius 3 is 2.36 bits per heavy atom. The fourth-order valence-electron chi connectivity index (χ4n) is 2.84. The SMILES string of the molecule is O=C(NCc1ccccc1Cl)N1CCN(S(=O)(=O)c2ccc(F)c(Cl)c2)CC1. The summed E-state index contributed by atoms with van der Waals surface area (Å²) < 4.78 is 39.9. The molecule has 0 saturated carbocycles. The second-order valence-corrected chi connectivity index (χ2v) is 8.97. The molecule has 6 nitrogen and oxygen atoms in total. The molecule has 0 aliphatic carbocycles. The van der Waals surface area contributed by atoms with Gasteiger partial charge >= 0.3 is 6.03 Å². The average molecular weight is 446 g/mol. The number of urea groups is 1. The van der Waals surface area contributed by atoms with E-state index in [1.165, 1.54) is 10.4 Å². The van der Waals surface area contributed by atoms with Crippen LogP contribution < -0.4 is 5.32 Å². The summed E-state index contributed by atoms with van der Waals surface area (Å²) in [7, 11) is -3.80. The Labute approximate surface area is 172 Å². The number of rotatable bonds is 4. The van der Waals surface area contributed by atoms with Crippen molar-refractivity contribution >= 4 is 39.3 Å². The smallest absolute Gasteiger partial charge is 0.317 e. The summed E-state index contributed by atoms with van der Waals surface area (Å²) in [5.74, 6) is -0.680. The highest BCUT2D eigenvalue weighted by atomic mass is 35.5. The van der Waals surface area contributed by atoms with Gasteiger partial charge in [0.1, 0.15) is 5.82 Å². The molecule has 0 unspecified atom stereocenters. The Morgan fingerprint density at radius 2 is 1.71 bits per heavy atom. The van der Waals surface area contributed by atoms with Crippen LogP contribution >= 0.6 is 23.2 Å². The second kappa shape index (κ2) is 8.65. The standard InChI is InChI=1S/C18H18Cl2FN3O3S/c19-15-4-2-1-3-13(15)12-22-18(25)23-7-9-24(10-8-23)28(26,27)14-5-6-17(21)16(20)11-14/h1-6,11H,7-10,12H2,(H,22,25). The van der Waals surface area contributed by atoms with E-state index < -0.39 is 15.8 Å². The molecule has 1 heterocycles. The van der Waals surface area contributed by atoms with Gasteiger partial charge in [-0.05, 0) is 29.8 Å². The Hall–Kier alpha value is -1.87. The van der Waals surface area contributed by atoms with Crippen molar-refractivity contribution in [2.75, 3.05) is 26.2 Å². The van der Waals surface area contributed by atoms with Crippen LogP contribution in [0, 0.1) is 5.82 Å². The van der Waals surface area contributed by atoms with Crippen LogP contribution in [-0.4, -0.2) is 49.8 Å². The number of sulfonamides is 1. The quantitative estimate of drug-likeness (QED) is 0.784. The van der Waals surface area contributed by atoms with Crippen molar-refractivity contribution in [3.05, 3.63) is 63.9 Å². The first-order valence-electron chi connectivity index (χ1n) is 8.50. The lowest BCUT2D eigenvalue weighted by Crippen LogP contribution is -2.52. The maximum Gasteiger partial charge on any atom is 0.317 e. The molecule has 0 radical (unpaired) electrons. The second-order valence-electron chi connectivity index (χ2n) is 6.22. The van der Waals surface area contributed by atoms with Crippen LogP contribution in [0.3, 0.4) is 0 Å². The van der Waals surface area contributed by atoms with E-state index >= 15 is 0 Å². The minimum absolute atomic E-state index is 0.0736. The molecular formula is C18H18Cl2FN3O3S. The zero-order valence-corrected chi connectivity index (χ0v) is 17.1. The van der Waals surface area contributed by atoms with Crippen LogP contribution in [0.4, 0.5) is 9.18 Å². The lowest BCUT2D eigenvalue weighted by atomic mass is 10.2. The topological polar surface area (TPSA) is 69.7 Å². The van der Waals surface area contributed by atoms with Gasteiger partial charge in [0.25, 0.3) is 0 Å². The third kappa shape index (κ3) is 4.57. The number of nitrogens with zero attached hydrogens (tertiary/aromatic N) is 2. The van der Waals surface area contributed by atoms with Crippen molar-refractivity contribution in [1.29, 1.82) is 0 Å². The summed E-state index contributed by atoms with van der Waals surface area (Å²) in [4.78, 5) is 13.8. The normalized spacial score (nSPS) is 15.5. The van der Waals surface area contributed by atoms with E-state index in [9.17, 15) is 17.6 Å². The van der Waals surface area contributed by atoms with Gasteiger partial charge in [-0.1, -0.05) is 41.4 Å². The minimum atomic E-state index is -3.80. The molecule has 1 saturated heterocycles. The number of piperazine rings is 1. The largest absolute Gasteiger partial charge is 0.334 e. The van der Waals surface area contributed by atoms with Crippen LogP contribution in [0.1, 0.15) is 5.56 Å². The number of amides is 2. The zero-order chi connectivity index (χ0) is 20.3. The van der Waals surface area contributed by atoms with Crippen LogP contribution in [0.25, 0.3) is 0 Å². The first-order valence-corrected chi connectivity index (χ1v) is 10.7. The van der Waals surface area contributed by atoms with Crippen LogP contribution in [0.5, 0.6) is 0 Å². The zero-order valence-electron chi connectivity index (χ0n) is 14.7. The Kier molecular flexibility index (Phi) is 6.44. The molecule has 0 spiro atoms. The fraction of sp³-hybridized carbons (Fsp3) is 0.278. The number of benzene rings is 2. The van der Waals surface area contributed by atoms with Crippen molar-refractivity contribution in [2.24, 2.45) is 0 Å². The molecule has 0 atom stereocenters. The number of hydrogen-bond donors (Lipinski definition) is 1. The third-order valence-electron chi connectivity index (χ3n) is 4.44. The van der Waals surface area contributed by atoms with E-state index in [0.29, 0.717) is 5.02 Å². The summed E-state index contributed by atoms with van der Waals surface area (Å²) in [6, 6.07) is 10.2. The monoisotopic (exact) mass is 445 g/mol. The van der Waals surface area contributed by atoms with Crippen molar-refractivity contribution in [1.82, 2.24) is 14.5 Å².